The zero-order valence-corrected chi connectivity index (χ0v) is 11.6. The van der Waals surface area contributed by atoms with Gasteiger partial charge in [0.15, 0.2) is 18.7 Å². The normalized spacial score (nSPS) is 14.4. The van der Waals surface area contributed by atoms with Gasteiger partial charge in [0.2, 0.25) is 0 Å². The monoisotopic (exact) mass is 322 g/mol. The quantitative estimate of drug-likeness (QED) is 0.791. The van der Waals surface area contributed by atoms with Crippen molar-refractivity contribution in [3.8, 4) is 5.75 Å². The van der Waals surface area contributed by atoms with Crippen molar-refractivity contribution in [2.24, 2.45) is 0 Å². The number of benzene rings is 1. The zero-order valence-electron chi connectivity index (χ0n) is 10.0. The Morgan fingerprint density at radius 1 is 1.47 bits per heavy atom. The lowest BCUT2D eigenvalue weighted by Gasteiger charge is -2.07. The lowest BCUT2D eigenvalue weighted by Crippen LogP contribution is -1.99. The summed E-state index contributed by atoms with van der Waals surface area (Å²) in [5.41, 5.74) is 0.483. The highest BCUT2D eigenvalue weighted by molar-refractivity contribution is 9.10. The Hall–Kier alpha value is -1.69. The van der Waals surface area contributed by atoms with E-state index in [2.05, 4.69) is 26.1 Å². The minimum atomic E-state index is 0.156. The number of ether oxygens (including phenoxy) is 1. The molecule has 98 valence electrons. The van der Waals surface area contributed by atoms with Crippen molar-refractivity contribution in [1.29, 1.82) is 0 Å². The second-order valence-electron chi connectivity index (χ2n) is 4.39. The summed E-state index contributed by atoms with van der Waals surface area (Å²) < 4.78 is 11.4. The molecule has 1 heterocycles. The molecule has 1 aliphatic carbocycles. The summed E-state index contributed by atoms with van der Waals surface area (Å²) in [7, 11) is 0. The van der Waals surface area contributed by atoms with E-state index < -0.39 is 0 Å². The van der Waals surface area contributed by atoms with Crippen molar-refractivity contribution < 1.29 is 14.1 Å². The summed E-state index contributed by atoms with van der Waals surface area (Å²) in [4.78, 5) is 15.2. The van der Waals surface area contributed by atoms with Crippen LogP contribution in [-0.4, -0.2) is 16.4 Å². The molecule has 0 radical (unpaired) electrons. The molecule has 1 saturated carbocycles. The smallest absolute Gasteiger partial charge is 0.264 e. The first-order valence-electron chi connectivity index (χ1n) is 5.97. The van der Waals surface area contributed by atoms with Gasteiger partial charge in [-0.15, -0.1) is 0 Å². The highest BCUT2D eigenvalue weighted by atomic mass is 79.9. The minimum Gasteiger partial charge on any atom is -0.482 e. The summed E-state index contributed by atoms with van der Waals surface area (Å²) in [6.07, 6.45) is 3.00. The summed E-state index contributed by atoms with van der Waals surface area (Å²) in [5.74, 6) is 2.12. The van der Waals surface area contributed by atoms with Gasteiger partial charge in [-0.25, -0.2) is 0 Å². The van der Waals surface area contributed by atoms with Gasteiger partial charge in [0, 0.05) is 5.92 Å². The molecule has 0 N–H and O–H groups in total. The molecule has 0 bridgehead atoms. The molecule has 0 unspecified atom stereocenters. The predicted octanol–water partition coefficient (Wildman–Crippen LogP) is 3.10. The number of rotatable bonds is 5. The van der Waals surface area contributed by atoms with Crippen molar-refractivity contribution >= 4 is 22.2 Å². The number of halogens is 1. The van der Waals surface area contributed by atoms with E-state index in [-0.39, 0.29) is 6.61 Å². The number of para-hydroxylation sites is 1. The van der Waals surface area contributed by atoms with Crippen LogP contribution in [0.4, 0.5) is 0 Å². The molecule has 0 spiro atoms. The highest BCUT2D eigenvalue weighted by Gasteiger charge is 2.28. The van der Waals surface area contributed by atoms with Crippen molar-refractivity contribution in [2.75, 3.05) is 0 Å². The number of nitrogens with zero attached hydrogens (tertiary/aromatic N) is 2. The first-order chi connectivity index (χ1) is 9.28. The van der Waals surface area contributed by atoms with Crippen LogP contribution in [0.2, 0.25) is 0 Å². The third-order valence-electron chi connectivity index (χ3n) is 2.89. The number of aldehydes is 1. The van der Waals surface area contributed by atoms with Crippen molar-refractivity contribution in [2.45, 2.75) is 25.4 Å². The standard InChI is InChI=1S/C13H11BrN2O3/c14-10-3-1-2-9(6-17)12(10)18-7-11-15-13(16-19-11)8-4-5-8/h1-3,6,8H,4-5,7H2. The predicted molar refractivity (Wildman–Crippen MR) is 70.1 cm³/mol. The fourth-order valence-corrected chi connectivity index (χ4v) is 2.23. The van der Waals surface area contributed by atoms with Gasteiger partial charge in [-0.1, -0.05) is 11.2 Å². The molecular formula is C13H11BrN2O3. The lowest BCUT2D eigenvalue weighted by atomic mass is 10.2. The van der Waals surface area contributed by atoms with Gasteiger partial charge in [-0.2, -0.15) is 4.98 Å². The van der Waals surface area contributed by atoms with E-state index in [9.17, 15) is 4.79 Å². The van der Waals surface area contributed by atoms with E-state index in [1.54, 1.807) is 12.1 Å². The molecule has 19 heavy (non-hydrogen) atoms. The molecule has 1 fully saturated rings. The fourth-order valence-electron chi connectivity index (χ4n) is 1.74. The number of hydrogen-bond acceptors (Lipinski definition) is 5. The van der Waals surface area contributed by atoms with Crippen LogP contribution >= 0.6 is 15.9 Å². The number of hydrogen-bond donors (Lipinski definition) is 0. The van der Waals surface area contributed by atoms with Gasteiger partial charge in [0.25, 0.3) is 5.89 Å². The fraction of sp³-hybridized carbons (Fsp3) is 0.308. The van der Waals surface area contributed by atoms with E-state index in [4.69, 9.17) is 9.26 Å². The van der Waals surface area contributed by atoms with Gasteiger partial charge in [-0.3, -0.25) is 4.79 Å². The Morgan fingerprint density at radius 3 is 3.05 bits per heavy atom. The van der Waals surface area contributed by atoms with Gasteiger partial charge in [0.1, 0.15) is 5.75 Å². The van der Waals surface area contributed by atoms with Crippen LogP contribution in [0, 0.1) is 0 Å². The third kappa shape index (κ3) is 2.68. The number of carbonyl (C=O) groups is 1. The van der Waals surface area contributed by atoms with E-state index in [1.807, 2.05) is 6.07 Å². The maximum atomic E-state index is 10.9. The van der Waals surface area contributed by atoms with Crippen LogP contribution in [0.25, 0.3) is 0 Å². The summed E-state index contributed by atoms with van der Waals surface area (Å²) in [5, 5.41) is 3.91. The molecule has 1 aromatic carbocycles. The van der Waals surface area contributed by atoms with Crippen molar-refractivity contribution in [3.05, 3.63) is 40.0 Å². The Morgan fingerprint density at radius 2 is 2.32 bits per heavy atom. The van der Waals surface area contributed by atoms with Crippen molar-refractivity contribution in [3.63, 3.8) is 0 Å². The minimum absolute atomic E-state index is 0.156. The number of aromatic nitrogens is 2. The molecule has 0 amide bonds. The molecule has 1 aromatic heterocycles. The van der Waals surface area contributed by atoms with Crippen molar-refractivity contribution in [1.82, 2.24) is 10.1 Å². The second kappa shape index (κ2) is 5.13. The average Bonchev–Trinajstić information content (AvgIpc) is 3.17. The van der Waals surface area contributed by atoms with E-state index in [1.165, 1.54) is 0 Å². The Balaban J connectivity index is 1.72. The zero-order chi connectivity index (χ0) is 13.2. The Kier molecular flexibility index (Phi) is 3.33. The van der Waals surface area contributed by atoms with Gasteiger partial charge < -0.3 is 9.26 Å². The molecule has 0 saturated heterocycles. The molecule has 0 atom stereocenters. The largest absolute Gasteiger partial charge is 0.482 e. The van der Waals surface area contributed by atoms with Crippen LogP contribution in [0.1, 0.15) is 40.8 Å². The number of carbonyl (C=O) groups excluding carboxylic acids is 1. The maximum absolute atomic E-state index is 10.9. The van der Waals surface area contributed by atoms with Crippen LogP contribution in [0.15, 0.2) is 27.2 Å². The molecular weight excluding hydrogens is 312 g/mol. The Labute approximate surface area is 118 Å². The summed E-state index contributed by atoms with van der Waals surface area (Å²) in [6.45, 7) is 0.156. The average molecular weight is 323 g/mol. The van der Waals surface area contributed by atoms with E-state index in [0.717, 1.165) is 29.4 Å². The first-order valence-corrected chi connectivity index (χ1v) is 6.76. The van der Waals surface area contributed by atoms with Crippen LogP contribution < -0.4 is 4.74 Å². The second-order valence-corrected chi connectivity index (χ2v) is 5.24. The van der Waals surface area contributed by atoms with Crippen LogP contribution in [0.5, 0.6) is 5.75 Å². The summed E-state index contributed by atoms with van der Waals surface area (Å²) >= 11 is 3.35. The Bertz CT molecular complexity index is 608. The van der Waals surface area contributed by atoms with Gasteiger partial charge >= 0.3 is 0 Å². The van der Waals surface area contributed by atoms with E-state index in [0.29, 0.717) is 23.1 Å². The summed E-state index contributed by atoms with van der Waals surface area (Å²) in [6, 6.07) is 5.28. The van der Waals surface area contributed by atoms with Crippen LogP contribution in [0.3, 0.4) is 0 Å². The van der Waals surface area contributed by atoms with Crippen LogP contribution in [-0.2, 0) is 6.61 Å². The first kappa shape index (κ1) is 12.3. The topological polar surface area (TPSA) is 65.2 Å². The molecule has 5 nitrogen and oxygen atoms in total. The maximum Gasteiger partial charge on any atom is 0.264 e. The molecule has 6 heteroatoms. The molecule has 2 aromatic rings. The van der Waals surface area contributed by atoms with Gasteiger partial charge in [0.05, 0.1) is 10.0 Å². The molecule has 1 aliphatic rings. The molecule has 3 rings (SSSR count). The third-order valence-corrected chi connectivity index (χ3v) is 3.52. The molecule has 0 aliphatic heterocycles. The highest BCUT2D eigenvalue weighted by Crippen LogP contribution is 2.38. The SMILES string of the molecule is O=Cc1cccc(Br)c1OCc1nc(C2CC2)no1. The van der Waals surface area contributed by atoms with E-state index >= 15 is 0 Å². The lowest BCUT2D eigenvalue weighted by molar-refractivity contribution is 0.111. The van der Waals surface area contributed by atoms with Gasteiger partial charge in [-0.05, 0) is 40.9 Å².